The molecule has 5 nitrogen and oxygen atoms in total. The average molecular weight is 579 g/mol. The van der Waals surface area contributed by atoms with E-state index in [0.29, 0.717) is 17.4 Å². The van der Waals surface area contributed by atoms with Crippen LogP contribution in [-0.2, 0) is 17.8 Å². The Morgan fingerprint density at radius 1 is 0.816 bits per heavy atom. The maximum Gasteiger partial charge on any atom is 0.273 e. The number of carbonyl (C=O) groups excluding carboxylic acids is 1. The van der Waals surface area contributed by atoms with Gasteiger partial charge in [-0.15, -0.1) is 0 Å². The number of rotatable bonds is 15. The Bertz CT molecular complexity index is 1210. The van der Waals surface area contributed by atoms with Crippen molar-refractivity contribution in [2.24, 2.45) is 0 Å². The molecule has 0 aliphatic heterocycles. The summed E-state index contributed by atoms with van der Waals surface area (Å²) in [6, 6.07) is 12.7. The van der Waals surface area contributed by atoms with Crippen LogP contribution in [0.1, 0.15) is 89.2 Å². The van der Waals surface area contributed by atoms with Crippen LogP contribution in [-0.4, -0.2) is 15.7 Å². The maximum atomic E-state index is 12.7. The Morgan fingerprint density at radius 3 is 1.89 bits per heavy atom. The normalized spacial score (nSPS) is 11.2. The van der Waals surface area contributed by atoms with Crippen molar-refractivity contribution in [1.82, 2.24) is 9.78 Å². The van der Waals surface area contributed by atoms with Crippen LogP contribution in [0, 0.1) is 0 Å². The van der Waals surface area contributed by atoms with Crippen LogP contribution in [0.3, 0.4) is 0 Å². The van der Waals surface area contributed by atoms with Crippen molar-refractivity contribution in [2.45, 2.75) is 91.0 Å². The number of anilines is 1. The molecule has 0 unspecified atom stereocenters. The first-order valence-corrected chi connectivity index (χ1v) is 14.8. The maximum absolute atomic E-state index is 12.7. The molecule has 206 valence electrons. The van der Waals surface area contributed by atoms with Gasteiger partial charge in [-0.3, -0.25) is 19.6 Å². The van der Waals surface area contributed by atoms with E-state index in [9.17, 15) is 9.59 Å². The second-order valence-electron chi connectivity index (χ2n) is 9.89. The molecule has 0 saturated carbocycles. The summed E-state index contributed by atoms with van der Waals surface area (Å²) in [5.74, 6) is 0.167. The number of nitrogens with zero attached hydrogens (tertiary/aromatic N) is 2. The van der Waals surface area contributed by atoms with E-state index in [0.717, 1.165) is 12.0 Å². The number of carbonyl (C=O) groups is 1. The topological polar surface area (TPSA) is 58.1 Å². The van der Waals surface area contributed by atoms with Crippen molar-refractivity contribution in [2.75, 3.05) is 4.90 Å². The predicted molar refractivity (Wildman–Crippen MR) is 160 cm³/mol. The van der Waals surface area contributed by atoms with E-state index < -0.39 is 0 Å². The van der Waals surface area contributed by atoms with Crippen LogP contribution in [0.2, 0.25) is 15.1 Å². The van der Waals surface area contributed by atoms with E-state index in [1.54, 1.807) is 0 Å². The molecule has 1 heterocycles. The van der Waals surface area contributed by atoms with E-state index in [2.05, 4.69) is 24.2 Å². The molecule has 0 aliphatic carbocycles. The highest BCUT2D eigenvalue weighted by atomic mass is 35.5. The molecule has 0 saturated heterocycles. The number of unbranched alkanes of at least 4 members (excludes halogenated alkanes) is 9. The Labute approximate surface area is 241 Å². The molecule has 8 heteroatoms. The summed E-state index contributed by atoms with van der Waals surface area (Å²) in [7, 11) is 0. The third-order valence-electron chi connectivity index (χ3n) is 6.77. The fraction of sp³-hybridized carbons (Fsp3) is 0.467. The van der Waals surface area contributed by atoms with Crippen LogP contribution < -0.4 is 10.5 Å². The first-order valence-electron chi connectivity index (χ1n) is 13.6. The van der Waals surface area contributed by atoms with Gasteiger partial charge >= 0.3 is 0 Å². The summed E-state index contributed by atoms with van der Waals surface area (Å²) in [6.07, 6.45) is 14.3. The SMILES string of the molecule is CCCCCCCCCCCCc1ccc(CN(C(C)=O)c2cc(=O)n(-c3c(Cl)cc(Cl)cc3Cl)[nH]2)cc1. The van der Waals surface area contributed by atoms with Gasteiger partial charge in [0.15, 0.2) is 0 Å². The lowest BCUT2D eigenvalue weighted by Gasteiger charge is -2.19. The number of benzene rings is 2. The number of aromatic nitrogens is 2. The van der Waals surface area contributed by atoms with E-state index in [4.69, 9.17) is 34.8 Å². The van der Waals surface area contributed by atoms with Crippen molar-refractivity contribution in [3.8, 4) is 5.69 Å². The van der Waals surface area contributed by atoms with Crippen molar-refractivity contribution in [3.05, 3.63) is 79.0 Å². The lowest BCUT2D eigenvalue weighted by atomic mass is 10.0. The molecule has 3 aromatic rings. The monoisotopic (exact) mass is 577 g/mol. The van der Waals surface area contributed by atoms with Gasteiger partial charge in [0, 0.05) is 18.0 Å². The molecular weight excluding hydrogens is 541 g/mol. The lowest BCUT2D eigenvalue weighted by molar-refractivity contribution is -0.116. The molecule has 0 bridgehead atoms. The Hall–Kier alpha value is -2.21. The highest BCUT2D eigenvalue weighted by molar-refractivity contribution is 6.40. The molecule has 0 aliphatic rings. The summed E-state index contributed by atoms with van der Waals surface area (Å²) in [5.41, 5.74) is 2.18. The largest absolute Gasteiger partial charge is 0.293 e. The summed E-state index contributed by atoms with van der Waals surface area (Å²) in [5, 5.41) is 3.79. The molecule has 1 N–H and O–H groups in total. The van der Waals surface area contributed by atoms with Gasteiger partial charge in [-0.05, 0) is 36.1 Å². The fourth-order valence-electron chi connectivity index (χ4n) is 4.61. The van der Waals surface area contributed by atoms with Gasteiger partial charge in [0.1, 0.15) is 11.5 Å². The number of hydrogen-bond donors (Lipinski definition) is 1. The molecule has 1 amide bonds. The number of amides is 1. The van der Waals surface area contributed by atoms with Gasteiger partial charge in [0.2, 0.25) is 5.91 Å². The van der Waals surface area contributed by atoms with Gasteiger partial charge in [-0.25, -0.2) is 4.68 Å². The van der Waals surface area contributed by atoms with Gasteiger partial charge < -0.3 is 0 Å². The number of H-pyrrole nitrogens is 1. The molecule has 2 aromatic carbocycles. The minimum Gasteiger partial charge on any atom is -0.293 e. The van der Waals surface area contributed by atoms with Crippen LogP contribution in [0.15, 0.2) is 47.3 Å². The van der Waals surface area contributed by atoms with Gasteiger partial charge in [-0.1, -0.05) is 124 Å². The minimum absolute atomic E-state index is 0.193. The number of nitrogens with one attached hydrogen (secondary N) is 1. The van der Waals surface area contributed by atoms with Crippen molar-refractivity contribution in [3.63, 3.8) is 0 Å². The first kappa shape index (κ1) is 30.3. The quantitative estimate of drug-likeness (QED) is 0.183. The minimum atomic E-state index is -0.385. The third-order valence-corrected chi connectivity index (χ3v) is 7.56. The Kier molecular flexibility index (Phi) is 12.3. The predicted octanol–water partition coefficient (Wildman–Crippen LogP) is 9.14. The van der Waals surface area contributed by atoms with Crippen molar-refractivity contribution < 1.29 is 4.79 Å². The van der Waals surface area contributed by atoms with Gasteiger partial charge in [0.05, 0.1) is 16.6 Å². The molecule has 38 heavy (non-hydrogen) atoms. The number of aromatic amines is 1. The van der Waals surface area contributed by atoms with E-state index in [-0.39, 0.29) is 27.2 Å². The second-order valence-corrected chi connectivity index (χ2v) is 11.1. The molecule has 0 spiro atoms. The smallest absolute Gasteiger partial charge is 0.273 e. The van der Waals surface area contributed by atoms with E-state index in [1.165, 1.54) is 104 Å². The first-order chi connectivity index (χ1) is 18.3. The highest BCUT2D eigenvalue weighted by Crippen LogP contribution is 2.31. The zero-order chi connectivity index (χ0) is 27.5. The molecule has 1 aromatic heterocycles. The number of halogens is 3. The fourth-order valence-corrected chi connectivity index (χ4v) is 5.60. The summed E-state index contributed by atoms with van der Waals surface area (Å²) < 4.78 is 1.22. The molecule has 0 fully saturated rings. The van der Waals surface area contributed by atoms with Crippen molar-refractivity contribution >= 4 is 46.5 Å². The second kappa shape index (κ2) is 15.4. The number of hydrogen-bond acceptors (Lipinski definition) is 2. The third kappa shape index (κ3) is 8.93. The van der Waals surface area contributed by atoms with E-state index >= 15 is 0 Å². The zero-order valence-electron chi connectivity index (χ0n) is 22.4. The summed E-state index contributed by atoms with van der Waals surface area (Å²) in [4.78, 5) is 26.7. The van der Waals surface area contributed by atoms with Crippen molar-refractivity contribution in [1.29, 1.82) is 0 Å². The van der Waals surface area contributed by atoms with Crippen LogP contribution in [0.5, 0.6) is 0 Å². The number of aryl methyl sites for hydroxylation is 1. The molecular formula is C30H38Cl3N3O2. The van der Waals surface area contributed by atoms with Gasteiger partial charge in [-0.2, -0.15) is 0 Å². The zero-order valence-corrected chi connectivity index (χ0v) is 24.6. The summed E-state index contributed by atoms with van der Waals surface area (Å²) in [6.45, 7) is 4.06. The van der Waals surface area contributed by atoms with Crippen LogP contribution >= 0.6 is 34.8 Å². The van der Waals surface area contributed by atoms with Crippen LogP contribution in [0.4, 0.5) is 5.82 Å². The average Bonchev–Trinajstić information content (AvgIpc) is 3.24. The molecule has 0 atom stereocenters. The highest BCUT2D eigenvalue weighted by Gasteiger charge is 2.19. The molecule has 3 rings (SSSR count). The lowest BCUT2D eigenvalue weighted by Crippen LogP contribution is -2.28. The Morgan fingerprint density at radius 2 is 1.34 bits per heavy atom. The van der Waals surface area contributed by atoms with Gasteiger partial charge in [0.25, 0.3) is 5.56 Å². The standard InChI is InChI=1S/C30H38Cl3N3O2/c1-3-4-5-6-7-8-9-10-11-12-13-23-14-16-24(17-15-23)21-35(22(2)37)28-20-29(38)36(34-28)30-26(32)18-25(31)19-27(30)33/h14-20,34H,3-13,21H2,1-2H3. The Balaban J connectivity index is 1.54. The van der Waals surface area contributed by atoms with E-state index in [1.807, 2.05) is 12.1 Å². The van der Waals surface area contributed by atoms with Crippen LogP contribution in [0.25, 0.3) is 5.69 Å². The molecule has 0 radical (unpaired) electrons. The summed E-state index contributed by atoms with van der Waals surface area (Å²) >= 11 is 18.6.